The fourth-order valence-corrected chi connectivity index (χ4v) is 3.46. The first kappa shape index (κ1) is 24.1. The van der Waals surface area contributed by atoms with Crippen molar-refractivity contribution in [3.8, 4) is 0 Å². The van der Waals surface area contributed by atoms with Gasteiger partial charge in [-0.3, -0.25) is 9.69 Å². The Bertz CT molecular complexity index is 1220. The number of carbonyl (C=O) groups excluding carboxylic acids is 2. The highest BCUT2D eigenvalue weighted by Crippen LogP contribution is 2.33. The third-order valence-electron chi connectivity index (χ3n) is 5.15. The van der Waals surface area contributed by atoms with E-state index >= 15 is 0 Å². The van der Waals surface area contributed by atoms with Gasteiger partial charge in [0.05, 0.1) is 17.3 Å². The lowest BCUT2D eigenvalue weighted by Gasteiger charge is -2.21. The van der Waals surface area contributed by atoms with Crippen LogP contribution in [0.2, 0.25) is 0 Å². The lowest BCUT2D eigenvalue weighted by Crippen LogP contribution is -2.32. The van der Waals surface area contributed by atoms with Crippen LogP contribution in [0.25, 0.3) is 0 Å². The van der Waals surface area contributed by atoms with Gasteiger partial charge in [-0.25, -0.2) is 4.79 Å². The van der Waals surface area contributed by atoms with Crippen molar-refractivity contribution in [2.45, 2.75) is 18.9 Å². The zero-order valence-corrected chi connectivity index (χ0v) is 17.7. The van der Waals surface area contributed by atoms with Crippen LogP contribution >= 0.6 is 0 Å². The molecule has 13 heteroatoms. The zero-order chi connectivity index (χ0) is 25.4. The second-order valence-corrected chi connectivity index (χ2v) is 7.57. The molecule has 0 saturated carbocycles. The molecule has 184 valence electrons. The summed E-state index contributed by atoms with van der Waals surface area (Å²) in [7, 11) is 0. The average Bonchev–Trinajstić information content (AvgIpc) is 3.12. The van der Waals surface area contributed by atoms with Crippen LogP contribution < -0.4 is 5.32 Å². The maximum absolute atomic E-state index is 13.3. The number of ether oxygens (including phenoxy) is 1. The predicted octanol–water partition coefficient (Wildman–Crippen LogP) is 4.83. The molecule has 0 bridgehead atoms. The number of benzene rings is 2. The maximum Gasteiger partial charge on any atom is 0.416 e. The summed E-state index contributed by atoms with van der Waals surface area (Å²) in [4.78, 5) is 31.2. The van der Waals surface area contributed by atoms with Gasteiger partial charge in [-0.15, -0.1) is 4.99 Å². The Morgan fingerprint density at radius 1 is 1.00 bits per heavy atom. The monoisotopic (exact) mass is 498 g/mol. The molecule has 0 atom stereocenters. The third kappa shape index (κ3) is 5.39. The molecule has 2 aliphatic rings. The van der Waals surface area contributed by atoms with E-state index in [0.29, 0.717) is 0 Å². The first-order valence-corrected chi connectivity index (χ1v) is 10.1. The molecule has 2 aromatic carbocycles. The molecule has 0 aliphatic carbocycles. The van der Waals surface area contributed by atoms with E-state index in [1.54, 1.807) is 0 Å². The van der Waals surface area contributed by atoms with Gasteiger partial charge >= 0.3 is 24.4 Å². The molecule has 0 aromatic heterocycles. The molecular weight excluding hydrogens is 482 g/mol. The number of nitrogens with one attached hydrogen (secondary N) is 1. The minimum atomic E-state index is -4.59. The molecule has 2 aliphatic heterocycles. The van der Waals surface area contributed by atoms with Crippen LogP contribution in [-0.4, -0.2) is 40.8 Å². The Labute approximate surface area is 194 Å². The van der Waals surface area contributed by atoms with E-state index in [1.165, 1.54) is 35.4 Å². The molecule has 1 N–H and O–H groups in total. The van der Waals surface area contributed by atoms with Crippen LogP contribution in [0, 0.1) is 0 Å². The summed E-state index contributed by atoms with van der Waals surface area (Å²) in [6, 6.07) is 7.72. The number of urea groups is 1. The summed E-state index contributed by atoms with van der Waals surface area (Å²) in [6.07, 6.45) is -7.97. The Morgan fingerprint density at radius 3 is 2.46 bits per heavy atom. The first-order chi connectivity index (χ1) is 16.4. The highest BCUT2D eigenvalue weighted by atomic mass is 19.4. The molecule has 0 saturated heterocycles. The Balaban J connectivity index is 1.44. The molecular formula is C22H16F6N4O3. The van der Waals surface area contributed by atoms with Gasteiger partial charge < -0.3 is 15.0 Å². The molecule has 0 radical (unpaired) electrons. The summed E-state index contributed by atoms with van der Waals surface area (Å²) in [5, 5.41) is 2.28. The van der Waals surface area contributed by atoms with E-state index < -0.39 is 35.4 Å². The number of carbonyl (C=O) groups is 2. The van der Waals surface area contributed by atoms with Crippen molar-refractivity contribution in [1.29, 1.82) is 0 Å². The number of alkyl halides is 6. The van der Waals surface area contributed by atoms with Crippen LogP contribution in [0.15, 0.2) is 65.5 Å². The van der Waals surface area contributed by atoms with Crippen molar-refractivity contribution in [2.24, 2.45) is 4.99 Å². The van der Waals surface area contributed by atoms with Gasteiger partial charge in [-0.1, -0.05) is 24.3 Å². The van der Waals surface area contributed by atoms with E-state index in [4.69, 9.17) is 4.74 Å². The second-order valence-electron chi connectivity index (χ2n) is 7.57. The van der Waals surface area contributed by atoms with Gasteiger partial charge in [0.15, 0.2) is 0 Å². The van der Waals surface area contributed by atoms with Gasteiger partial charge in [0.25, 0.3) is 5.91 Å². The summed E-state index contributed by atoms with van der Waals surface area (Å²) in [5.41, 5.74) is -2.04. The Kier molecular flexibility index (Phi) is 6.17. The lowest BCUT2D eigenvalue weighted by molar-refractivity contribution is -0.138. The molecule has 7 nitrogen and oxygen atoms in total. The van der Waals surface area contributed by atoms with Crippen molar-refractivity contribution < 1.29 is 40.7 Å². The van der Waals surface area contributed by atoms with Gasteiger partial charge in [-0.2, -0.15) is 26.3 Å². The van der Waals surface area contributed by atoms with E-state index in [2.05, 4.69) is 10.3 Å². The normalized spacial score (nSPS) is 16.2. The van der Waals surface area contributed by atoms with Crippen LogP contribution in [0.5, 0.6) is 0 Å². The summed E-state index contributed by atoms with van der Waals surface area (Å²) >= 11 is 0. The molecule has 3 amide bonds. The standard InChI is InChI=1S/C22H16F6N4O3/c23-21(24,25)14-5-3-6-15(10-14)29-18(33)17-12-32-9-8-31(19(34)30-20(32)35-17)11-13-4-1-2-7-16(13)22(26,27)28/h1-7,10,12H,8-9,11H2,(H,29,33). The van der Waals surface area contributed by atoms with Crippen molar-refractivity contribution in [3.63, 3.8) is 0 Å². The van der Waals surface area contributed by atoms with E-state index in [1.807, 2.05) is 0 Å². The fourth-order valence-electron chi connectivity index (χ4n) is 3.46. The molecule has 4 rings (SSSR count). The van der Waals surface area contributed by atoms with Crippen molar-refractivity contribution in [3.05, 3.63) is 77.2 Å². The number of nitrogens with zero attached hydrogens (tertiary/aromatic N) is 3. The van der Waals surface area contributed by atoms with Gasteiger partial charge in [0, 0.05) is 25.3 Å². The molecule has 0 unspecified atom stereocenters. The summed E-state index contributed by atoms with van der Waals surface area (Å²) in [6.45, 7) is -0.314. The van der Waals surface area contributed by atoms with Crippen molar-refractivity contribution in [1.82, 2.24) is 9.80 Å². The molecule has 2 heterocycles. The van der Waals surface area contributed by atoms with Crippen LogP contribution in [0.1, 0.15) is 16.7 Å². The van der Waals surface area contributed by atoms with Crippen LogP contribution in [-0.2, 0) is 28.4 Å². The number of amides is 3. The number of hydrogen-bond acceptors (Lipinski definition) is 4. The molecule has 35 heavy (non-hydrogen) atoms. The average molecular weight is 498 g/mol. The van der Waals surface area contributed by atoms with Crippen LogP contribution in [0.4, 0.5) is 36.8 Å². The highest BCUT2D eigenvalue weighted by molar-refractivity contribution is 6.06. The van der Waals surface area contributed by atoms with E-state index in [0.717, 1.165) is 29.2 Å². The number of fused-ring (bicyclic) bond motifs is 1. The second kappa shape index (κ2) is 8.96. The van der Waals surface area contributed by atoms with Gasteiger partial charge in [0.2, 0.25) is 5.76 Å². The van der Waals surface area contributed by atoms with Gasteiger partial charge in [-0.05, 0) is 29.8 Å². The fraction of sp³-hybridized carbons (Fsp3) is 0.227. The number of anilines is 1. The Hall–Kier alpha value is -4.03. The number of hydrogen-bond donors (Lipinski definition) is 1. The third-order valence-corrected chi connectivity index (χ3v) is 5.15. The highest BCUT2D eigenvalue weighted by Gasteiger charge is 2.36. The summed E-state index contributed by atoms with van der Waals surface area (Å²) in [5.74, 6) is -1.19. The van der Waals surface area contributed by atoms with Crippen molar-refractivity contribution in [2.75, 3.05) is 18.4 Å². The predicted molar refractivity (Wildman–Crippen MR) is 111 cm³/mol. The number of halogens is 6. The quantitative estimate of drug-likeness (QED) is 0.614. The number of amidine groups is 1. The smallest absolute Gasteiger partial charge is 0.416 e. The molecule has 0 spiro atoms. The minimum Gasteiger partial charge on any atom is -0.418 e. The zero-order valence-electron chi connectivity index (χ0n) is 17.7. The molecule has 2 aromatic rings. The molecule has 0 fully saturated rings. The van der Waals surface area contributed by atoms with Gasteiger partial charge in [0.1, 0.15) is 0 Å². The first-order valence-electron chi connectivity index (χ1n) is 10.1. The number of rotatable bonds is 4. The van der Waals surface area contributed by atoms with Crippen LogP contribution in [0.3, 0.4) is 0 Å². The summed E-state index contributed by atoms with van der Waals surface area (Å²) < 4.78 is 83.7. The largest absolute Gasteiger partial charge is 0.418 e. The topological polar surface area (TPSA) is 74.2 Å². The maximum atomic E-state index is 13.3. The minimum absolute atomic E-state index is 0.0274. The lowest BCUT2D eigenvalue weighted by atomic mass is 10.1. The van der Waals surface area contributed by atoms with E-state index in [-0.39, 0.29) is 42.7 Å². The Morgan fingerprint density at radius 2 is 1.74 bits per heavy atom. The van der Waals surface area contributed by atoms with E-state index in [9.17, 15) is 35.9 Å². The SMILES string of the molecule is O=C(Nc1cccc(C(F)(F)F)c1)C1=CN2CCN(Cc3ccccc3C(F)(F)F)C(=O)N=C2O1. The number of aliphatic imine (C=N–C) groups is 1. The van der Waals surface area contributed by atoms with Crippen molar-refractivity contribution >= 4 is 23.6 Å².